The van der Waals surface area contributed by atoms with Gasteiger partial charge in [-0.3, -0.25) is 0 Å². The van der Waals surface area contributed by atoms with Crippen LogP contribution in [-0.4, -0.2) is 5.25 Å². The number of hydrogen-bond donors (Lipinski definition) is 0. The summed E-state index contributed by atoms with van der Waals surface area (Å²) in [5, 5.41) is 0.579. The highest BCUT2D eigenvalue weighted by Crippen LogP contribution is 2.26. The van der Waals surface area contributed by atoms with Crippen LogP contribution in [0, 0.1) is 0 Å². The monoisotopic (exact) mass is 246 g/mol. The molecule has 0 fully saturated rings. The number of benzene rings is 1. The van der Waals surface area contributed by atoms with Crippen molar-refractivity contribution in [3.63, 3.8) is 0 Å². The van der Waals surface area contributed by atoms with Gasteiger partial charge in [0.05, 0.1) is 0 Å². The summed E-state index contributed by atoms with van der Waals surface area (Å²) >= 11 is 1.83. The molecule has 1 aromatic heterocycles. The van der Waals surface area contributed by atoms with Crippen molar-refractivity contribution >= 4 is 11.8 Å². The van der Waals surface area contributed by atoms with E-state index in [1.807, 2.05) is 23.9 Å². The third-order valence-corrected chi connectivity index (χ3v) is 3.28. The molecule has 0 radical (unpaired) electrons. The lowest BCUT2D eigenvalue weighted by Gasteiger charge is -2.05. The highest BCUT2D eigenvalue weighted by molar-refractivity contribution is 7.99. The summed E-state index contributed by atoms with van der Waals surface area (Å²) in [6, 6.07) is 11.5. The molecule has 2 rings (SSSR count). The summed E-state index contributed by atoms with van der Waals surface area (Å²) in [6.45, 7) is 4.34. The maximum atomic E-state index is 10.9. The van der Waals surface area contributed by atoms with Gasteiger partial charge in [-0.15, -0.1) is 11.8 Å². The normalized spacial score (nSPS) is 10.8. The van der Waals surface area contributed by atoms with E-state index in [9.17, 15) is 4.79 Å². The quantitative estimate of drug-likeness (QED) is 0.771. The maximum absolute atomic E-state index is 10.9. The van der Waals surface area contributed by atoms with E-state index in [2.05, 4.69) is 26.0 Å². The van der Waals surface area contributed by atoms with Crippen LogP contribution in [0.3, 0.4) is 0 Å². The van der Waals surface area contributed by atoms with Crippen molar-refractivity contribution in [2.75, 3.05) is 0 Å². The zero-order chi connectivity index (χ0) is 12.3. The fourth-order valence-electron chi connectivity index (χ4n) is 1.52. The van der Waals surface area contributed by atoms with Crippen LogP contribution < -0.4 is 5.63 Å². The van der Waals surface area contributed by atoms with E-state index < -0.39 is 0 Å². The van der Waals surface area contributed by atoms with E-state index in [0.717, 1.165) is 11.1 Å². The second-order valence-corrected chi connectivity index (χ2v) is 5.68. The lowest BCUT2D eigenvalue weighted by atomic mass is 10.1. The summed E-state index contributed by atoms with van der Waals surface area (Å²) < 4.78 is 4.85. The Labute approximate surface area is 105 Å². The largest absolute Gasteiger partial charge is 0.431 e. The van der Waals surface area contributed by atoms with Gasteiger partial charge in [-0.25, -0.2) is 4.79 Å². The molecule has 2 aromatic rings. The molecule has 0 N–H and O–H groups in total. The second kappa shape index (κ2) is 5.23. The lowest BCUT2D eigenvalue weighted by molar-refractivity contribution is 0.512. The molecule has 0 saturated carbocycles. The van der Waals surface area contributed by atoms with Gasteiger partial charge in [-0.05, 0) is 23.8 Å². The molecule has 1 heterocycles. The van der Waals surface area contributed by atoms with Gasteiger partial charge in [-0.2, -0.15) is 0 Å². The second-order valence-electron chi connectivity index (χ2n) is 4.03. The van der Waals surface area contributed by atoms with Crippen LogP contribution in [0.25, 0.3) is 11.1 Å². The first kappa shape index (κ1) is 12.0. The van der Waals surface area contributed by atoms with E-state index in [1.54, 1.807) is 6.07 Å². The molecule has 0 aliphatic rings. The van der Waals surface area contributed by atoms with Crippen LogP contribution in [0.1, 0.15) is 13.8 Å². The van der Waals surface area contributed by atoms with Gasteiger partial charge in [0.15, 0.2) is 0 Å². The topological polar surface area (TPSA) is 30.2 Å². The van der Waals surface area contributed by atoms with Gasteiger partial charge in [0.2, 0.25) is 0 Å². The number of hydrogen-bond acceptors (Lipinski definition) is 3. The molecule has 2 nitrogen and oxygen atoms in total. The molecule has 0 saturated heterocycles. The summed E-state index contributed by atoms with van der Waals surface area (Å²) in [4.78, 5) is 12.1. The van der Waals surface area contributed by atoms with E-state index in [0.29, 0.717) is 5.25 Å². The molecular formula is C14H14O2S. The van der Waals surface area contributed by atoms with Crippen molar-refractivity contribution in [3.05, 3.63) is 53.1 Å². The average molecular weight is 246 g/mol. The SMILES string of the molecule is CC(C)Sc1ccc(-c2ccc(=O)oc2)cc1. The Balaban J connectivity index is 2.23. The molecule has 0 amide bonds. The molecule has 0 atom stereocenters. The van der Waals surface area contributed by atoms with E-state index >= 15 is 0 Å². The van der Waals surface area contributed by atoms with Crippen LogP contribution in [0.15, 0.2) is 56.8 Å². The van der Waals surface area contributed by atoms with Crippen molar-refractivity contribution in [2.24, 2.45) is 0 Å². The Kier molecular flexibility index (Phi) is 3.69. The minimum atomic E-state index is -0.319. The van der Waals surface area contributed by atoms with Gasteiger partial charge < -0.3 is 4.42 Å². The van der Waals surface area contributed by atoms with E-state index in [-0.39, 0.29) is 5.63 Å². The molecule has 3 heteroatoms. The Hall–Kier alpha value is -1.48. The number of rotatable bonds is 3. The standard InChI is InChI=1S/C14H14O2S/c1-10(2)17-13-6-3-11(4-7-13)12-5-8-14(15)16-9-12/h3-10H,1-2H3. The van der Waals surface area contributed by atoms with Crippen molar-refractivity contribution in [3.8, 4) is 11.1 Å². The highest BCUT2D eigenvalue weighted by atomic mass is 32.2. The molecular weight excluding hydrogens is 232 g/mol. The summed E-state index contributed by atoms with van der Waals surface area (Å²) in [5.74, 6) is 0. The van der Waals surface area contributed by atoms with Gasteiger partial charge in [0, 0.05) is 21.8 Å². The van der Waals surface area contributed by atoms with Crippen LogP contribution in [-0.2, 0) is 0 Å². The van der Waals surface area contributed by atoms with Crippen LogP contribution in [0.4, 0.5) is 0 Å². The first-order chi connectivity index (χ1) is 8.15. The molecule has 0 bridgehead atoms. The zero-order valence-electron chi connectivity index (χ0n) is 9.84. The molecule has 0 unspecified atom stereocenters. The summed E-state index contributed by atoms with van der Waals surface area (Å²) in [5.41, 5.74) is 1.66. The third kappa shape index (κ3) is 3.24. The fraction of sp³-hybridized carbons (Fsp3) is 0.214. The molecule has 0 aliphatic heterocycles. The fourth-order valence-corrected chi connectivity index (χ4v) is 2.36. The van der Waals surface area contributed by atoms with Gasteiger partial charge in [-0.1, -0.05) is 26.0 Å². The summed E-state index contributed by atoms with van der Waals surface area (Å²) in [7, 11) is 0. The Bertz CT molecular complexity index is 520. The third-order valence-electron chi connectivity index (χ3n) is 2.26. The first-order valence-corrected chi connectivity index (χ1v) is 6.39. The molecule has 17 heavy (non-hydrogen) atoms. The van der Waals surface area contributed by atoms with Crippen molar-refractivity contribution in [1.82, 2.24) is 0 Å². The van der Waals surface area contributed by atoms with Crippen LogP contribution in [0.5, 0.6) is 0 Å². The van der Waals surface area contributed by atoms with Crippen molar-refractivity contribution in [1.29, 1.82) is 0 Å². The minimum Gasteiger partial charge on any atom is -0.431 e. The Morgan fingerprint density at radius 1 is 1.00 bits per heavy atom. The molecule has 1 aromatic carbocycles. The van der Waals surface area contributed by atoms with Crippen LogP contribution in [0.2, 0.25) is 0 Å². The van der Waals surface area contributed by atoms with Crippen LogP contribution >= 0.6 is 11.8 Å². The van der Waals surface area contributed by atoms with Gasteiger partial charge in [0.1, 0.15) is 6.26 Å². The molecule has 88 valence electrons. The smallest absolute Gasteiger partial charge is 0.335 e. The minimum absolute atomic E-state index is 0.319. The highest BCUT2D eigenvalue weighted by Gasteiger charge is 2.01. The van der Waals surface area contributed by atoms with Crippen molar-refractivity contribution in [2.45, 2.75) is 24.0 Å². The van der Waals surface area contributed by atoms with Crippen molar-refractivity contribution < 1.29 is 4.42 Å². The first-order valence-electron chi connectivity index (χ1n) is 5.51. The van der Waals surface area contributed by atoms with Gasteiger partial charge >= 0.3 is 5.63 Å². The Morgan fingerprint density at radius 2 is 1.65 bits per heavy atom. The Morgan fingerprint density at radius 3 is 2.18 bits per heavy atom. The lowest BCUT2D eigenvalue weighted by Crippen LogP contribution is -1.93. The van der Waals surface area contributed by atoms with Gasteiger partial charge in [0.25, 0.3) is 0 Å². The predicted molar refractivity (Wildman–Crippen MR) is 71.4 cm³/mol. The van der Waals surface area contributed by atoms with E-state index in [1.165, 1.54) is 17.2 Å². The maximum Gasteiger partial charge on any atom is 0.335 e. The number of thioether (sulfide) groups is 1. The predicted octanol–water partition coefficient (Wildman–Crippen LogP) is 3.81. The average Bonchev–Trinajstić information content (AvgIpc) is 2.30. The summed E-state index contributed by atoms with van der Waals surface area (Å²) in [6.07, 6.45) is 1.49. The zero-order valence-corrected chi connectivity index (χ0v) is 10.7. The molecule has 0 spiro atoms. The van der Waals surface area contributed by atoms with E-state index in [4.69, 9.17) is 4.42 Å². The molecule has 0 aliphatic carbocycles.